The van der Waals surface area contributed by atoms with Gasteiger partial charge in [0.1, 0.15) is 5.82 Å². The summed E-state index contributed by atoms with van der Waals surface area (Å²) in [6, 6.07) is 18.9. The maximum Gasteiger partial charge on any atom is 0.355 e. The van der Waals surface area contributed by atoms with E-state index >= 15 is 0 Å². The summed E-state index contributed by atoms with van der Waals surface area (Å²) in [6.45, 7) is 1.83. The van der Waals surface area contributed by atoms with Crippen molar-refractivity contribution in [1.82, 2.24) is 14.3 Å². The molecule has 3 aromatic rings. The van der Waals surface area contributed by atoms with Crippen LogP contribution in [0.1, 0.15) is 5.82 Å². The maximum atomic E-state index is 12.5. The summed E-state index contributed by atoms with van der Waals surface area (Å²) in [4.78, 5) is 12.5. The third-order valence-electron chi connectivity index (χ3n) is 2.96. The maximum absolute atomic E-state index is 12.5. The quantitative estimate of drug-likeness (QED) is 0.701. The van der Waals surface area contributed by atoms with Crippen molar-refractivity contribution in [2.24, 2.45) is 0 Å². The molecule has 0 spiro atoms. The van der Waals surface area contributed by atoms with Crippen molar-refractivity contribution in [1.29, 1.82) is 0 Å². The molecule has 0 unspecified atom stereocenters. The van der Waals surface area contributed by atoms with E-state index in [1.54, 1.807) is 4.57 Å². The number of aryl methyl sites for hydroxylation is 1. The number of hydrogen-bond acceptors (Lipinski definition) is 2. The molecule has 19 heavy (non-hydrogen) atoms. The van der Waals surface area contributed by atoms with Crippen LogP contribution in [0.5, 0.6) is 0 Å². The molecule has 4 heteroatoms. The molecule has 1 aromatic heterocycles. The van der Waals surface area contributed by atoms with Crippen molar-refractivity contribution in [3.63, 3.8) is 0 Å². The first-order chi connectivity index (χ1) is 9.27. The molecule has 3 rings (SSSR count). The Kier molecular flexibility index (Phi) is 2.76. The Hall–Kier alpha value is -2.62. The van der Waals surface area contributed by atoms with Gasteiger partial charge in [-0.25, -0.2) is 9.36 Å². The molecule has 1 heterocycles. The number of nitrogens with zero attached hydrogens (tertiary/aromatic N) is 3. The van der Waals surface area contributed by atoms with Gasteiger partial charge in [0.2, 0.25) is 0 Å². The first-order valence-electron chi connectivity index (χ1n) is 6.07. The number of benzene rings is 2. The molecule has 0 aliphatic carbocycles. The first kappa shape index (κ1) is 11.5. The summed E-state index contributed by atoms with van der Waals surface area (Å²) in [5, 5.41) is 4.32. The smallest absolute Gasteiger partial charge is 0.247 e. The second kappa shape index (κ2) is 4.57. The molecule has 2 aromatic carbocycles. The van der Waals surface area contributed by atoms with Gasteiger partial charge in [-0.1, -0.05) is 36.4 Å². The molecule has 0 saturated heterocycles. The Labute approximate surface area is 110 Å². The minimum absolute atomic E-state index is 0.157. The van der Waals surface area contributed by atoms with Gasteiger partial charge in [-0.3, -0.25) is 0 Å². The lowest BCUT2D eigenvalue weighted by Crippen LogP contribution is -2.22. The van der Waals surface area contributed by atoms with E-state index in [0.717, 1.165) is 11.4 Å². The second-order valence-corrected chi connectivity index (χ2v) is 4.25. The highest BCUT2D eigenvalue weighted by Crippen LogP contribution is 2.08. The SMILES string of the molecule is Cc1nn(-c2ccccc2)c(=O)n1-c1ccccc1. The number of aromatic nitrogens is 3. The predicted octanol–water partition coefficient (Wildman–Crippen LogP) is 2.33. The van der Waals surface area contributed by atoms with Crippen molar-refractivity contribution in [3.8, 4) is 11.4 Å². The lowest BCUT2D eigenvalue weighted by molar-refractivity contribution is 0.827. The zero-order valence-electron chi connectivity index (χ0n) is 10.5. The lowest BCUT2D eigenvalue weighted by atomic mass is 10.3. The fraction of sp³-hybridized carbons (Fsp3) is 0.0667. The minimum atomic E-state index is -0.157. The Balaban J connectivity index is 2.20. The van der Waals surface area contributed by atoms with Gasteiger partial charge in [-0.05, 0) is 31.2 Å². The number of rotatable bonds is 2. The lowest BCUT2D eigenvalue weighted by Gasteiger charge is -2.01. The second-order valence-electron chi connectivity index (χ2n) is 4.25. The summed E-state index contributed by atoms with van der Waals surface area (Å²) < 4.78 is 3.02. The molecule has 0 bridgehead atoms. The van der Waals surface area contributed by atoms with Crippen LogP contribution in [0.15, 0.2) is 65.5 Å². The van der Waals surface area contributed by atoms with Gasteiger partial charge in [0, 0.05) is 0 Å². The van der Waals surface area contributed by atoms with E-state index < -0.39 is 0 Å². The van der Waals surface area contributed by atoms with Gasteiger partial charge < -0.3 is 0 Å². The topological polar surface area (TPSA) is 39.8 Å². The van der Waals surface area contributed by atoms with Gasteiger partial charge in [0.15, 0.2) is 0 Å². The highest BCUT2D eigenvalue weighted by atomic mass is 16.2. The van der Waals surface area contributed by atoms with E-state index in [-0.39, 0.29) is 5.69 Å². The van der Waals surface area contributed by atoms with Crippen molar-refractivity contribution >= 4 is 0 Å². The van der Waals surface area contributed by atoms with Gasteiger partial charge in [0.05, 0.1) is 11.4 Å². The van der Waals surface area contributed by atoms with E-state index in [1.807, 2.05) is 67.6 Å². The van der Waals surface area contributed by atoms with Crippen LogP contribution in [0, 0.1) is 6.92 Å². The van der Waals surface area contributed by atoms with Crippen LogP contribution in [-0.2, 0) is 0 Å². The van der Waals surface area contributed by atoms with Gasteiger partial charge in [-0.15, -0.1) is 5.10 Å². The third-order valence-corrected chi connectivity index (χ3v) is 2.96. The van der Waals surface area contributed by atoms with Crippen LogP contribution in [0.2, 0.25) is 0 Å². The summed E-state index contributed by atoms with van der Waals surface area (Å²) in [5.74, 6) is 0.667. The fourth-order valence-electron chi connectivity index (χ4n) is 2.08. The molecule has 0 amide bonds. The van der Waals surface area contributed by atoms with Crippen molar-refractivity contribution in [2.75, 3.05) is 0 Å². The van der Waals surface area contributed by atoms with Crippen molar-refractivity contribution in [2.45, 2.75) is 6.92 Å². The molecule has 0 aliphatic rings. The van der Waals surface area contributed by atoms with Gasteiger partial charge in [0.25, 0.3) is 0 Å². The number of hydrogen-bond donors (Lipinski definition) is 0. The van der Waals surface area contributed by atoms with E-state index in [2.05, 4.69) is 5.10 Å². The van der Waals surface area contributed by atoms with Gasteiger partial charge in [-0.2, -0.15) is 4.68 Å². The molecule has 94 valence electrons. The Bertz CT molecular complexity index is 742. The molecule has 0 fully saturated rings. The normalized spacial score (nSPS) is 10.6. The molecular weight excluding hydrogens is 238 g/mol. The zero-order chi connectivity index (χ0) is 13.2. The summed E-state index contributed by atoms with van der Waals surface area (Å²) >= 11 is 0. The molecule has 4 nitrogen and oxygen atoms in total. The third kappa shape index (κ3) is 1.97. The average Bonchev–Trinajstić information content (AvgIpc) is 2.76. The summed E-state index contributed by atoms with van der Waals surface area (Å²) in [6.07, 6.45) is 0. The predicted molar refractivity (Wildman–Crippen MR) is 73.9 cm³/mol. The van der Waals surface area contributed by atoms with E-state index in [1.165, 1.54) is 4.68 Å². The monoisotopic (exact) mass is 251 g/mol. The minimum Gasteiger partial charge on any atom is -0.247 e. The van der Waals surface area contributed by atoms with E-state index in [9.17, 15) is 4.79 Å². The molecule has 0 aliphatic heterocycles. The Morgan fingerprint density at radius 3 is 1.95 bits per heavy atom. The molecule has 0 radical (unpaired) electrons. The van der Waals surface area contributed by atoms with Gasteiger partial charge >= 0.3 is 5.69 Å². The Morgan fingerprint density at radius 2 is 1.37 bits per heavy atom. The molecule has 0 N–H and O–H groups in total. The standard InChI is InChI=1S/C15H13N3O/c1-12-16-18(14-10-6-3-7-11-14)15(19)17(12)13-8-4-2-5-9-13/h2-11H,1H3. The van der Waals surface area contributed by atoms with Crippen LogP contribution < -0.4 is 5.69 Å². The molecule has 0 saturated carbocycles. The van der Waals surface area contributed by atoms with Crippen LogP contribution in [0.25, 0.3) is 11.4 Å². The number of para-hydroxylation sites is 2. The van der Waals surface area contributed by atoms with Crippen LogP contribution in [-0.4, -0.2) is 14.3 Å². The van der Waals surface area contributed by atoms with Crippen LogP contribution in [0.3, 0.4) is 0 Å². The zero-order valence-corrected chi connectivity index (χ0v) is 10.5. The summed E-state index contributed by atoms with van der Waals surface area (Å²) in [7, 11) is 0. The van der Waals surface area contributed by atoms with Crippen LogP contribution in [0.4, 0.5) is 0 Å². The average molecular weight is 251 g/mol. The van der Waals surface area contributed by atoms with Crippen LogP contribution >= 0.6 is 0 Å². The van der Waals surface area contributed by atoms with E-state index in [0.29, 0.717) is 5.82 Å². The van der Waals surface area contributed by atoms with Crippen molar-refractivity contribution in [3.05, 3.63) is 77.0 Å². The first-order valence-corrected chi connectivity index (χ1v) is 6.07. The highest BCUT2D eigenvalue weighted by molar-refractivity contribution is 5.34. The molecular formula is C15H13N3O. The highest BCUT2D eigenvalue weighted by Gasteiger charge is 2.12. The largest absolute Gasteiger partial charge is 0.355 e. The summed E-state index contributed by atoms with van der Waals surface area (Å²) in [5.41, 5.74) is 1.44. The fourth-order valence-corrected chi connectivity index (χ4v) is 2.08. The van der Waals surface area contributed by atoms with E-state index in [4.69, 9.17) is 0 Å². The Morgan fingerprint density at radius 1 is 0.842 bits per heavy atom. The van der Waals surface area contributed by atoms with Crippen molar-refractivity contribution < 1.29 is 0 Å². The molecule has 0 atom stereocenters.